The van der Waals surface area contributed by atoms with E-state index in [1.54, 1.807) is 12.3 Å². The van der Waals surface area contributed by atoms with Crippen molar-refractivity contribution >= 4 is 17.3 Å². The summed E-state index contributed by atoms with van der Waals surface area (Å²) >= 11 is 5.89. The Kier molecular flexibility index (Phi) is 4.03. The Morgan fingerprint density at radius 2 is 1.89 bits per heavy atom. The summed E-state index contributed by atoms with van der Waals surface area (Å²) in [5.74, 6) is 0. The van der Waals surface area contributed by atoms with Crippen LogP contribution in [-0.4, -0.2) is 12.0 Å². The SMILES string of the molecule is CC(c1ccc(Cl)cc1)N(C)c1ccc(C#N)nc1. The molecule has 4 heteroatoms. The molecule has 19 heavy (non-hydrogen) atoms. The van der Waals surface area contributed by atoms with Gasteiger partial charge in [-0.15, -0.1) is 0 Å². The van der Waals surface area contributed by atoms with Crippen molar-refractivity contribution in [1.29, 1.82) is 5.26 Å². The quantitative estimate of drug-likeness (QED) is 0.852. The van der Waals surface area contributed by atoms with E-state index in [1.165, 1.54) is 5.56 Å². The third-order valence-corrected chi connectivity index (χ3v) is 3.46. The van der Waals surface area contributed by atoms with E-state index in [9.17, 15) is 0 Å². The number of nitrogens with zero attached hydrogens (tertiary/aromatic N) is 3. The largest absolute Gasteiger partial charge is 0.367 e. The summed E-state index contributed by atoms with van der Waals surface area (Å²) in [5, 5.41) is 9.48. The zero-order valence-electron chi connectivity index (χ0n) is 10.8. The molecule has 1 heterocycles. The van der Waals surface area contributed by atoms with Crippen LogP contribution in [0, 0.1) is 11.3 Å². The van der Waals surface area contributed by atoms with Gasteiger partial charge >= 0.3 is 0 Å². The molecule has 0 bridgehead atoms. The Morgan fingerprint density at radius 1 is 1.21 bits per heavy atom. The highest BCUT2D eigenvalue weighted by Gasteiger charge is 2.12. The first-order valence-corrected chi connectivity index (χ1v) is 6.34. The molecule has 96 valence electrons. The topological polar surface area (TPSA) is 39.9 Å². The molecule has 2 aromatic rings. The van der Waals surface area contributed by atoms with E-state index >= 15 is 0 Å². The van der Waals surface area contributed by atoms with Crippen molar-refractivity contribution in [3.63, 3.8) is 0 Å². The zero-order chi connectivity index (χ0) is 13.8. The fraction of sp³-hybridized carbons (Fsp3) is 0.200. The van der Waals surface area contributed by atoms with E-state index in [0.717, 1.165) is 10.7 Å². The summed E-state index contributed by atoms with van der Waals surface area (Å²) < 4.78 is 0. The van der Waals surface area contributed by atoms with Crippen molar-refractivity contribution in [3.05, 3.63) is 58.9 Å². The second kappa shape index (κ2) is 5.73. The lowest BCUT2D eigenvalue weighted by Crippen LogP contribution is -2.21. The van der Waals surface area contributed by atoms with Crippen LogP contribution in [0.25, 0.3) is 0 Å². The molecule has 2 rings (SSSR count). The molecule has 0 N–H and O–H groups in total. The highest BCUT2D eigenvalue weighted by atomic mass is 35.5. The Hall–Kier alpha value is -2.05. The van der Waals surface area contributed by atoms with Gasteiger partial charge < -0.3 is 4.90 Å². The van der Waals surface area contributed by atoms with Crippen LogP contribution in [0.4, 0.5) is 5.69 Å². The maximum absolute atomic E-state index is 8.74. The van der Waals surface area contributed by atoms with Crippen LogP contribution in [0.3, 0.4) is 0 Å². The Morgan fingerprint density at radius 3 is 2.42 bits per heavy atom. The van der Waals surface area contributed by atoms with Crippen LogP contribution in [0.5, 0.6) is 0 Å². The van der Waals surface area contributed by atoms with Gasteiger partial charge in [0.1, 0.15) is 11.8 Å². The van der Waals surface area contributed by atoms with Gasteiger partial charge in [-0.25, -0.2) is 4.98 Å². The van der Waals surface area contributed by atoms with Gasteiger partial charge in [0.25, 0.3) is 0 Å². The number of benzene rings is 1. The van der Waals surface area contributed by atoms with Crippen LogP contribution in [0.1, 0.15) is 24.2 Å². The van der Waals surface area contributed by atoms with Crippen LogP contribution < -0.4 is 4.90 Å². The van der Waals surface area contributed by atoms with E-state index in [-0.39, 0.29) is 6.04 Å². The van der Waals surface area contributed by atoms with Crippen LogP contribution in [0.2, 0.25) is 5.02 Å². The van der Waals surface area contributed by atoms with Crippen molar-refractivity contribution in [2.45, 2.75) is 13.0 Å². The molecule has 0 aliphatic heterocycles. The van der Waals surface area contributed by atoms with Crippen molar-refractivity contribution < 1.29 is 0 Å². The van der Waals surface area contributed by atoms with Gasteiger partial charge in [-0.1, -0.05) is 23.7 Å². The monoisotopic (exact) mass is 271 g/mol. The lowest BCUT2D eigenvalue weighted by atomic mass is 10.1. The third-order valence-electron chi connectivity index (χ3n) is 3.20. The molecule has 1 atom stereocenters. The summed E-state index contributed by atoms with van der Waals surface area (Å²) in [6, 6.07) is 13.6. The number of aromatic nitrogens is 1. The number of nitriles is 1. The van der Waals surface area contributed by atoms with E-state index in [0.29, 0.717) is 5.69 Å². The van der Waals surface area contributed by atoms with Crippen LogP contribution in [-0.2, 0) is 0 Å². The molecule has 0 radical (unpaired) electrons. The molecule has 0 aliphatic rings. The maximum Gasteiger partial charge on any atom is 0.140 e. The van der Waals surface area contributed by atoms with E-state index in [2.05, 4.69) is 16.8 Å². The molecular formula is C15H14ClN3. The van der Waals surface area contributed by atoms with Crippen LogP contribution >= 0.6 is 11.6 Å². The summed E-state index contributed by atoms with van der Waals surface area (Å²) in [6.07, 6.45) is 1.71. The van der Waals surface area contributed by atoms with E-state index < -0.39 is 0 Å². The van der Waals surface area contributed by atoms with E-state index in [4.69, 9.17) is 16.9 Å². The number of rotatable bonds is 3. The zero-order valence-corrected chi connectivity index (χ0v) is 11.6. The second-order valence-corrected chi connectivity index (χ2v) is 4.79. The smallest absolute Gasteiger partial charge is 0.140 e. The average molecular weight is 272 g/mol. The minimum atomic E-state index is 0.201. The van der Waals surface area contributed by atoms with Gasteiger partial charge in [-0.05, 0) is 36.8 Å². The van der Waals surface area contributed by atoms with Crippen LogP contribution in [0.15, 0.2) is 42.6 Å². The molecule has 3 nitrogen and oxygen atoms in total. The molecule has 1 aromatic carbocycles. The van der Waals surface area contributed by atoms with Crippen molar-refractivity contribution in [2.24, 2.45) is 0 Å². The third kappa shape index (κ3) is 3.04. The maximum atomic E-state index is 8.74. The lowest BCUT2D eigenvalue weighted by molar-refractivity contribution is 0.738. The van der Waals surface area contributed by atoms with E-state index in [1.807, 2.05) is 43.4 Å². The van der Waals surface area contributed by atoms with Crippen molar-refractivity contribution in [1.82, 2.24) is 4.98 Å². The summed E-state index contributed by atoms with van der Waals surface area (Å²) in [6.45, 7) is 2.11. The normalized spacial score (nSPS) is 11.7. The molecule has 0 aliphatic carbocycles. The first-order valence-electron chi connectivity index (χ1n) is 5.96. The fourth-order valence-corrected chi connectivity index (χ4v) is 1.98. The molecule has 0 fully saturated rings. The van der Waals surface area contributed by atoms with Gasteiger partial charge in [-0.3, -0.25) is 0 Å². The number of halogens is 1. The number of pyridine rings is 1. The molecule has 0 saturated heterocycles. The first kappa shape index (κ1) is 13.4. The predicted octanol–water partition coefficient (Wildman–Crippen LogP) is 3.80. The summed E-state index contributed by atoms with van der Waals surface area (Å²) in [4.78, 5) is 6.19. The second-order valence-electron chi connectivity index (χ2n) is 4.35. The first-order chi connectivity index (χ1) is 9.11. The van der Waals surface area contributed by atoms with Gasteiger partial charge in [0.05, 0.1) is 17.9 Å². The summed E-state index contributed by atoms with van der Waals surface area (Å²) in [5.41, 5.74) is 2.58. The highest BCUT2D eigenvalue weighted by molar-refractivity contribution is 6.30. The van der Waals surface area contributed by atoms with Crippen molar-refractivity contribution in [3.8, 4) is 6.07 Å². The van der Waals surface area contributed by atoms with Gasteiger partial charge in [0, 0.05) is 12.1 Å². The van der Waals surface area contributed by atoms with Crippen molar-refractivity contribution in [2.75, 3.05) is 11.9 Å². The highest BCUT2D eigenvalue weighted by Crippen LogP contribution is 2.25. The number of anilines is 1. The Labute approximate surface area is 118 Å². The summed E-state index contributed by atoms with van der Waals surface area (Å²) in [7, 11) is 2.00. The van der Waals surface area contributed by atoms with Gasteiger partial charge in [-0.2, -0.15) is 5.26 Å². The van der Waals surface area contributed by atoms with Gasteiger partial charge in [0.15, 0.2) is 0 Å². The average Bonchev–Trinajstić information content (AvgIpc) is 2.46. The molecule has 0 spiro atoms. The minimum Gasteiger partial charge on any atom is -0.367 e. The Balaban J connectivity index is 2.20. The Bertz CT molecular complexity index is 584. The molecule has 0 amide bonds. The number of hydrogen-bond acceptors (Lipinski definition) is 3. The molecule has 0 saturated carbocycles. The number of hydrogen-bond donors (Lipinski definition) is 0. The molecule has 1 aromatic heterocycles. The minimum absolute atomic E-state index is 0.201. The fourth-order valence-electron chi connectivity index (χ4n) is 1.85. The predicted molar refractivity (Wildman–Crippen MR) is 77.2 cm³/mol. The van der Waals surface area contributed by atoms with Gasteiger partial charge in [0.2, 0.25) is 0 Å². The standard InChI is InChI=1S/C15H14ClN3/c1-11(12-3-5-13(16)6-4-12)19(2)15-8-7-14(9-17)18-10-15/h3-8,10-11H,1-2H3. The molecule has 1 unspecified atom stereocenters. The molecular weight excluding hydrogens is 258 g/mol. The lowest BCUT2D eigenvalue weighted by Gasteiger charge is -2.27.